The second-order valence-corrected chi connectivity index (χ2v) is 8.72. The Labute approximate surface area is 181 Å². The number of halogens is 1. The number of aromatic hydroxyl groups is 1. The van der Waals surface area contributed by atoms with Crippen LogP contribution in [-0.4, -0.2) is 61.7 Å². The van der Waals surface area contributed by atoms with Crippen LogP contribution in [0, 0.1) is 0 Å². The number of benzene rings is 1. The Balaban J connectivity index is 1.59. The molecule has 1 amide bonds. The first kappa shape index (κ1) is 20.0. The summed E-state index contributed by atoms with van der Waals surface area (Å²) in [6.45, 7) is 1.50. The van der Waals surface area contributed by atoms with E-state index < -0.39 is 0 Å². The lowest BCUT2D eigenvalue weighted by atomic mass is 10.0. The second kappa shape index (κ2) is 8.62. The molecule has 29 heavy (non-hydrogen) atoms. The third kappa shape index (κ3) is 4.20. The normalized spacial score (nSPS) is 15.0. The van der Waals surface area contributed by atoms with E-state index in [-0.39, 0.29) is 17.7 Å². The van der Waals surface area contributed by atoms with Crippen molar-refractivity contribution in [1.29, 1.82) is 0 Å². The maximum atomic E-state index is 12.1. The number of hydrogen-bond donors (Lipinski definition) is 2. The summed E-state index contributed by atoms with van der Waals surface area (Å²) in [6.07, 6.45) is 5.41. The Morgan fingerprint density at radius 3 is 2.83 bits per heavy atom. The van der Waals surface area contributed by atoms with Gasteiger partial charge in [0, 0.05) is 30.8 Å². The predicted molar refractivity (Wildman–Crippen MR) is 119 cm³/mol. The van der Waals surface area contributed by atoms with Crippen LogP contribution in [0.25, 0.3) is 16.9 Å². The van der Waals surface area contributed by atoms with E-state index in [0.29, 0.717) is 22.7 Å². The quantitative estimate of drug-likeness (QED) is 0.586. The van der Waals surface area contributed by atoms with Crippen LogP contribution in [0.2, 0.25) is 0 Å². The maximum absolute atomic E-state index is 12.1. The van der Waals surface area contributed by atoms with Crippen LogP contribution in [0.1, 0.15) is 12.8 Å². The van der Waals surface area contributed by atoms with Gasteiger partial charge in [-0.2, -0.15) is 21.4 Å². The Hall–Kier alpha value is -2.26. The second-order valence-electron chi connectivity index (χ2n) is 7.00. The molecule has 1 aromatic carbocycles. The number of carbonyl (C=O) groups is 1. The molecule has 1 aliphatic rings. The number of anilines is 1. The van der Waals surface area contributed by atoms with Gasteiger partial charge < -0.3 is 15.3 Å². The van der Waals surface area contributed by atoms with E-state index >= 15 is 0 Å². The summed E-state index contributed by atoms with van der Waals surface area (Å²) in [7, 11) is 0. The first-order valence-electron chi connectivity index (χ1n) is 9.42. The van der Waals surface area contributed by atoms with E-state index in [1.165, 1.54) is 0 Å². The molecule has 0 saturated carbocycles. The number of nitrogens with zero attached hydrogens (tertiary/aromatic N) is 4. The number of rotatable bonds is 5. The monoisotopic (exact) mass is 475 g/mol. The molecule has 1 aliphatic heterocycles. The smallest absolute Gasteiger partial charge is 0.232 e. The molecule has 152 valence electrons. The molecular weight excluding hydrogens is 454 g/mol. The van der Waals surface area contributed by atoms with Gasteiger partial charge in [0.1, 0.15) is 11.6 Å². The summed E-state index contributed by atoms with van der Waals surface area (Å²) in [5.74, 6) is 1.74. The molecule has 0 unspecified atom stereocenters. The Kier molecular flexibility index (Phi) is 5.96. The lowest BCUT2D eigenvalue weighted by Crippen LogP contribution is -2.43. The molecule has 0 atom stereocenters. The van der Waals surface area contributed by atoms with Gasteiger partial charge in [-0.25, -0.2) is 4.98 Å². The lowest BCUT2D eigenvalue weighted by molar-refractivity contribution is -0.129. The summed E-state index contributed by atoms with van der Waals surface area (Å²) in [6, 6.07) is 9.31. The van der Waals surface area contributed by atoms with Crippen molar-refractivity contribution in [2.45, 2.75) is 18.9 Å². The van der Waals surface area contributed by atoms with Crippen LogP contribution in [0.4, 0.5) is 5.82 Å². The van der Waals surface area contributed by atoms with Crippen LogP contribution in [-0.2, 0) is 4.79 Å². The molecule has 1 saturated heterocycles. The minimum atomic E-state index is 0.187. The summed E-state index contributed by atoms with van der Waals surface area (Å²) in [4.78, 5) is 18.7. The standard InChI is InChI=1S/C20H22BrN5O2S/c1-29-12-19(28)25-8-6-13(7-9-25)23-18-10-16(14-4-2-3-5-17(14)27)24-20-15(21)11-22-26(18)20/h2-5,10-11,13,23,27H,6-9,12H2,1H3. The highest BCUT2D eigenvalue weighted by Crippen LogP contribution is 2.31. The van der Waals surface area contributed by atoms with E-state index in [1.54, 1.807) is 34.6 Å². The maximum Gasteiger partial charge on any atom is 0.232 e. The third-order valence-electron chi connectivity index (χ3n) is 5.08. The zero-order chi connectivity index (χ0) is 20.4. The van der Waals surface area contributed by atoms with Crippen LogP contribution >= 0.6 is 27.7 Å². The number of para-hydroxylation sites is 1. The van der Waals surface area contributed by atoms with Crippen molar-refractivity contribution in [2.24, 2.45) is 0 Å². The van der Waals surface area contributed by atoms with Crippen molar-refractivity contribution in [2.75, 3.05) is 30.4 Å². The zero-order valence-electron chi connectivity index (χ0n) is 16.0. The molecule has 7 nitrogen and oxygen atoms in total. The first-order valence-corrected chi connectivity index (χ1v) is 11.6. The van der Waals surface area contributed by atoms with Gasteiger partial charge in [-0.3, -0.25) is 4.79 Å². The molecule has 0 spiro atoms. The molecule has 4 rings (SSSR count). The summed E-state index contributed by atoms with van der Waals surface area (Å²) in [5.41, 5.74) is 2.02. The molecule has 9 heteroatoms. The molecule has 0 radical (unpaired) electrons. The number of hydrogen-bond acceptors (Lipinski definition) is 6. The van der Waals surface area contributed by atoms with E-state index in [9.17, 15) is 9.90 Å². The average Bonchev–Trinajstić information content (AvgIpc) is 3.10. The summed E-state index contributed by atoms with van der Waals surface area (Å²) < 4.78 is 2.55. The fraction of sp³-hybridized carbons (Fsp3) is 0.350. The minimum Gasteiger partial charge on any atom is -0.507 e. The third-order valence-corrected chi connectivity index (χ3v) is 6.17. The van der Waals surface area contributed by atoms with Gasteiger partial charge in [-0.1, -0.05) is 12.1 Å². The van der Waals surface area contributed by atoms with Crippen molar-refractivity contribution < 1.29 is 9.90 Å². The molecule has 3 aromatic rings. The van der Waals surface area contributed by atoms with E-state index in [0.717, 1.165) is 36.2 Å². The molecule has 1 fully saturated rings. The topological polar surface area (TPSA) is 82.8 Å². The van der Waals surface area contributed by atoms with Gasteiger partial charge in [0.25, 0.3) is 0 Å². The molecule has 3 heterocycles. The van der Waals surface area contributed by atoms with E-state index in [4.69, 9.17) is 0 Å². The molecule has 2 N–H and O–H groups in total. The van der Waals surface area contributed by atoms with E-state index in [2.05, 4.69) is 31.3 Å². The molecule has 0 aliphatic carbocycles. The Morgan fingerprint density at radius 1 is 1.34 bits per heavy atom. The fourth-order valence-corrected chi connectivity index (χ4v) is 4.34. The zero-order valence-corrected chi connectivity index (χ0v) is 18.4. The highest BCUT2D eigenvalue weighted by molar-refractivity contribution is 9.10. The van der Waals surface area contributed by atoms with Gasteiger partial charge >= 0.3 is 0 Å². The number of thioether (sulfide) groups is 1. The van der Waals surface area contributed by atoms with Crippen molar-refractivity contribution in [1.82, 2.24) is 19.5 Å². The van der Waals surface area contributed by atoms with Gasteiger partial charge in [-0.15, -0.1) is 0 Å². The average molecular weight is 476 g/mol. The van der Waals surface area contributed by atoms with Gasteiger partial charge in [0.05, 0.1) is 22.1 Å². The minimum absolute atomic E-state index is 0.187. The number of phenols is 1. The first-order chi connectivity index (χ1) is 14.1. The van der Waals surface area contributed by atoms with Crippen LogP contribution in [0.15, 0.2) is 41.0 Å². The summed E-state index contributed by atoms with van der Waals surface area (Å²) >= 11 is 5.07. The number of piperidine rings is 1. The van der Waals surface area contributed by atoms with Crippen molar-refractivity contribution in [3.05, 3.63) is 41.0 Å². The highest BCUT2D eigenvalue weighted by atomic mass is 79.9. The summed E-state index contributed by atoms with van der Waals surface area (Å²) in [5, 5.41) is 18.3. The largest absolute Gasteiger partial charge is 0.507 e. The molecule has 2 aromatic heterocycles. The van der Waals surface area contributed by atoms with Crippen molar-refractivity contribution in [3.63, 3.8) is 0 Å². The Morgan fingerprint density at radius 2 is 2.10 bits per heavy atom. The number of aromatic nitrogens is 3. The van der Waals surface area contributed by atoms with Crippen molar-refractivity contribution >= 4 is 45.1 Å². The number of likely N-dealkylation sites (tertiary alicyclic amines) is 1. The number of carbonyl (C=O) groups excluding carboxylic acids is 1. The number of nitrogens with one attached hydrogen (secondary N) is 1. The van der Waals surface area contributed by atoms with Gasteiger partial charge in [-0.05, 0) is 47.2 Å². The van der Waals surface area contributed by atoms with Gasteiger partial charge in [0.2, 0.25) is 5.91 Å². The van der Waals surface area contributed by atoms with Crippen LogP contribution < -0.4 is 5.32 Å². The predicted octanol–water partition coefficient (Wildman–Crippen LogP) is 3.63. The molecule has 0 bridgehead atoms. The van der Waals surface area contributed by atoms with Crippen molar-refractivity contribution in [3.8, 4) is 17.0 Å². The van der Waals surface area contributed by atoms with E-state index in [1.807, 2.05) is 29.4 Å². The molecular formula is C20H22BrN5O2S. The number of phenolic OH excluding ortho intramolecular Hbond substituents is 1. The van der Waals surface area contributed by atoms with Crippen LogP contribution in [0.5, 0.6) is 5.75 Å². The fourth-order valence-electron chi connectivity index (χ4n) is 3.56. The lowest BCUT2D eigenvalue weighted by Gasteiger charge is -2.32. The highest BCUT2D eigenvalue weighted by Gasteiger charge is 2.23. The SMILES string of the molecule is CSCC(=O)N1CCC(Nc2cc(-c3ccccc3O)nc3c(Br)cnn23)CC1. The van der Waals surface area contributed by atoms with Crippen LogP contribution in [0.3, 0.4) is 0 Å². The van der Waals surface area contributed by atoms with Gasteiger partial charge in [0.15, 0.2) is 5.65 Å². The number of amides is 1. The number of fused-ring (bicyclic) bond motifs is 1. The Bertz CT molecular complexity index is 1030.